The molecule has 196 valence electrons. The summed E-state index contributed by atoms with van der Waals surface area (Å²) in [4.78, 5) is 43.1. The second-order valence-electron chi connectivity index (χ2n) is 10.3. The summed E-state index contributed by atoms with van der Waals surface area (Å²) in [5.74, 6) is -0.183. The molecule has 1 aromatic heterocycles. The van der Waals surface area contributed by atoms with Crippen LogP contribution >= 0.6 is 0 Å². The van der Waals surface area contributed by atoms with E-state index in [1.165, 1.54) is 18.2 Å². The van der Waals surface area contributed by atoms with Crippen molar-refractivity contribution in [2.75, 3.05) is 49.1 Å². The second-order valence-corrected chi connectivity index (χ2v) is 10.3. The third-order valence-electron chi connectivity index (χ3n) is 8.00. The molecule has 38 heavy (non-hydrogen) atoms. The Kier molecular flexibility index (Phi) is 6.09. The lowest BCUT2D eigenvalue weighted by atomic mass is 9.83. The number of amides is 1. The molecule has 3 aromatic rings. The van der Waals surface area contributed by atoms with Crippen molar-refractivity contribution in [1.29, 1.82) is 0 Å². The van der Waals surface area contributed by atoms with Gasteiger partial charge in [0, 0.05) is 80.8 Å². The lowest BCUT2D eigenvalue weighted by Gasteiger charge is -2.43. The zero-order chi connectivity index (χ0) is 26.4. The summed E-state index contributed by atoms with van der Waals surface area (Å²) in [5.41, 5.74) is 2.60. The Balaban J connectivity index is 1.19. The zero-order valence-electron chi connectivity index (χ0n) is 20.8. The largest absolute Gasteiger partial charge is 0.368 e. The maximum absolute atomic E-state index is 13.3. The highest BCUT2D eigenvalue weighted by Gasteiger charge is 2.37. The minimum absolute atomic E-state index is 0.00186. The van der Waals surface area contributed by atoms with E-state index in [4.69, 9.17) is 0 Å². The van der Waals surface area contributed by atoms with E-state index in [2.05, 4.69) is 4.90 Å². The van der Waals surface area contributed by atoms with Gasteiger partial charge in [0.05, 0.1) is 4.92 Å². The number of piperazine rings is 1. The lowest BCUT2D eigenvalue weighted by Crippen LogP contribution is -2.49. The molecule has 2 aromatic carbocycles. The fraction of sp³-hybridized carbons (Fsp3) is 0.357. The SMILES string of the molecule is O=C(c1ccc(N2CC3CC(C2)c2cccc(=O)n2C3)c([N+](=O)[O-])c1)N1CCN(c2ccc(F)cc2)CC1. The second kappa shape index (κ2) is 9.59. The molecule has 0 radical (unpaired) electrons. The molecule has 10 heteroatoms. The fourth-order valence-electron chi connectivity index (χ4n) is 6.17. The maximum atomic E-state index is 13.3. The van der Waals surface area contributed by atoms with Crippen LogP contribution in [0.5, 0.6) is 0 Å². The highest BCUT2D eigenvalue weighted by Crippen LogP contribution is 2.40. The van der Waals surface area contributed by atoms with Crippen LogP contribution in [0.4, 0.5) is 21.5 Å². The van der Waals surface area contributed by atoms with E-state index < -0.39 is 4.92 Å². The molecule has 3 aliphatic rings. The van der Waals surface area contributed by atoms with Crippen LogP contribution in [0.1, 0.15) is 28.4 Å². The monoisotopic (exact) mass is 517 g/mol. The van der Waals surface area contributed by atoms with E-state index >= 15 is 0 Å². The van der Waals surface area contributed by atoms with Crippen LogP contribution in [0.2, 0.25) is 0 Å². The molecule has 9 nitrogen and oxygen atoms in total. The number of hydrogen-bond donors (Lipinski definition) is 0. The molecular weight excluding hydrogens is 489 g/mol. The van der Waals surface area contributed by atoms with Crippen molar-refractivity contribution in [3.8, 4) is 0 Å². The van der Waals surface area contributed by atoms with Crippen molar-refractivity contribution in [3.63, 3.8) is 0 Å². The number of carbonyl (C=O) groups excluding carboxylic acids is 1. The Morgan fingerprint density at radius 2 is 1.68 bits per heavy atom. The van der Waals surface area contributed by atoms with Crippen molar-refractivity contribution < 1.29 is 14.1 Å². The molecule has 2 saturated heterocycles. The number of pyridine rings is 1. The number of nitro groups is 1. The molecular formula is C28H28FN5O4. The first-order valence-electron chi connectivity index (χ1n) is 12.9. The number of benzene rings is 2. The van der Waals surface area contributed by atoms with E-state index in [0.29, 0.717) is 57.1 Å². The predicted molar refractivity (Wildman–Crippen MR) is 141 cm³/mol. The Labute approximate surface area is 218 Å². The Bertz CT molecular complexity index is 1450. The van der Waals surface area contributed by atoms with E-state index in [-0.39, 0.29) is 34.8 Å². The Hall–Kier alpha value is -4.21. The zero-order valence-corrected chi connectivity index (χ0v) is 20.8. The highest BCUT2D eigenvalue weighted by atomic mass is 19.1. The number of hydrogen-bond acceptors (Lipinski definition) is 6. The van der Waals surface area contributed by atoms with Gasteiger partial charge in [-0.15, -0.1) is 0 Å². The van der Waals surface area contributed by atoms with Gasteiger partial charge < -0.3 is 19.3 Å². The van der Waals surface area contributed by atoms with Gasteiger partial charge in [0.2, 0.25) is 0 Å². The van der Waals surface area contributed by atoms with Crippen molar-refractivity contribution in [2.45, 2.75) is 18.9 Å². The van der Waals surface area contributed by atoms with Crippen LogP contribution in [0, 0.1) is 21.8 Å². The van der Waals surface area contributed by atoms with Crippen LogP contribution in [0.3, 0.4) is 0 Å². The predicted octanol–water partition coefficient (Wildman–Crippen LogP) is 3.48. The summed E-state index contributed by atoms with van der Waals surface area (Å²) in [6, 6.07) is 16.4. The number of fused-ring (bicyclic) bond motifs is 4. The topological polar surface area (TPSA) is 91.9 Å². The van der Waals surface area contributed by atoms with E-state index in [0.717, 1.165) is 17.8 Å². The molecule has 2 bridgehead atoms. The standard InChI is InChI=1S/C28H28FN5O4/c29-22-5-7-23(8-6-22)30-10-12-31(13-11-30)28(36)20-4-9-25(26(15-20)34(37)38)32-16-19-14-21(18-32)24-2-1-3-27(35)33(24)17-19/h1-9,15,19,21H,10-14,16-18H2. The molecule has 0 spiro atoms. The van der Waals surface area contributed by atoms with Gasteiger partial charge in [-0.3, -0.25) is 19.7 Å². The number of carbonyl (C=O) groups is 1. The average Bonchev–Trinajstić information content (AvgIpc) is 2.93. The van der Waals surface area contributed by atoms with Crippen molar-refractivity contribution in [2.24, 2.45) is 5.92 Å². The summed E-state index contributed by atoms with van der Waals surface area (Å²) < 4.78 is 15.1. The Morgan fingerprint density at radius 3 is 2.42 bits per heavy atom. The fourth-order valence-corrected chi connectivity index (χ4v) is 6.17. The quantitative estimate of drug-likeness (QED) is 0.389. The summed E-state index contributed by atoms with van der Waals surface area (Å²) in [6.45, 7) is 3.95. The number of piperidine rings is 1. The first-order valence-corrected chi connectivity index (χ1v) is 12.9. The molecule has 6 rings (SSSR count). The maximum Gasteiger partial charge on any atom is 0.293 e. The molecule has 3 aliphatic heterocycles. The smallest absolute Gasteiger partial charge is 0.293 e. The minimum Gasteiger partial charge on any atom is -0.368 e. The molecule has 0 aliphatic carbocycles. The highest BCUT2D eigenvalue weighted by molar-refractivity contribution is 5.96. The number of nitro benzene ring substituents is 1. The van der Waals surface area contributed by atoms with Gasteiger partial charge in [0.25, 0.3) is 17.2 Å². The first kappa shape index (κ1) is 24.1. The van der Waals surface area contributed by atoms with Crippen molar-refractivity contribution in [3.05, 3.63) is 98.2 Å². The number of nitrogens with zero attached hydrogens (tertiary/aromatic N) is 5. The summed E-state index contributed by atoms with van der Waals surface area (Å²) in [7, 11) is 0. The average molecular weight is 518 g/mol. The third kappa shape index (κ3) is 4.40. The van der Waals surface area contributed by atoms with E-state index in [1.807, 2.05) is 15.5 Å². The van der Waals surface area contributed by atoms with Gasteiger partial charge in [-0.05, 0) is 54.8 Å². The van der Waals surface area contributed by atoms with Gasteiger partial charge in [0.1, 0.15) is 11.5 Å². The summed E-state index contributed by atoms with van der Waals surface area (Å²) in [5, 5.41) is 12.1. The summed E-state index contributed by atoms with van der Waals surface area (Å²) >= 11 is 0. The molecule has 2 unspecified atom stereocenters. The Morgan fingerprint density at radius 1 is 0.921 bits per heavy atom. The third-order valence-corrected chi connectivity index (χ3v) is 8.00. The molecule has 4 heterocycles. The molecule has 1 amide bonds. The van der Waals surface area contributed by atoms with Crippen LogP contribution in [-0.4, -0.2) is 59.6 Å². The van der Waals surface area contributed by atoms with Gasteiger partial charge in [-0.25, -0.2) is 4.39 Å². The molecule has 2 atom stereocenters. The normalized spacial score (nSPS) is 20.7. The van der Waals surface area contributed by atoms with E-state index in [9.17, 15) is 24.1 Å². The van der Waals surface area contributed by atoms with Crippen LogP contribution < -0.4 is 15.4 Å². The first-order chi connectivity index (χ1) is 18.4. The van der Waals surface area contributed by atoms with Gasteiger partial charge in [-0.2, -0.15) is 0 Å². The molecule has 0 N–H and O–H groups in total. The van der Waals surface area contributed by atoms with Crippen LogP contribution in [-0.2, 0) is 6.54 Å². The summed E-state index contributed by atoms with van der Waals surface area (Å²) in [6.07, 6.45) is 0.953. The molecule has 2 fully saturated rings. The van der Waals surface area contributed by atoms with Crippen LogP contribution in [0.25, 0.3) is 0 Å². The van der Waals surface area contributed by atoms with Crippen molar-refractivity contribution >= 4 is 23.0 Å². The minimum atomic E-state index is -0.415. The lowest BCUT2D eigenvalue weighted by molar-refractivity contribution is -0.384. The molecule has 0 saturated carbocycles. The van der Waals surface area contributed by atoms with Gasteiger partial charge in [0.15, 0.2) is 0 Å². The number of rotatable bonds is 4. The number of aromatic nitrogens is 1. The van der Waals surface area contributed by atoms with Crippen molar-refractivity contribution in [1.82, 2.24) is 9.47 Å². The van der Waals surface area contributed by atoms with E-state index in [1.54, 1.807) is 41.3 Å². The number of halogens is 1. The number of anilines is 2. The van der Waals surface area contributed by atoms with Gasteiger partial charge >= 0.3 is 0 Å². The van der Waals surface area contributed by atoms with Crippen LogP contribution in [0.15, 0.2) is 65.5 Å². The van der Waals surface area contributed by atoms with Gasteiger partial charge in [-0.1, -0.05) is 6.07 Å².